The summed E-state index contributed by atoms with van der Waals surface area (Å²) in [5.74, 6) is 0. The van der Waals surface area contributed by atoms with Crippen LogP contribution < -0.4 is 5.32 Å². The molecule has 0 aromatic rings. The van der Waals surface area contributed by atoms with Gasteiger partial charge >= 0.3 is 0 Å². The predicted molar refractivity (Wildman–Crippen MR) is 74.1 cm³/mol. The SMILES string of the molecule is C/C(NC(C)(C)C)=C(C)/C(C)=N/C(C)(C)C. The molecule has 0 atom stereocenters. The third kappa shape index (κ3) is 6.65. The first-order chi connectivity index (χ1) is 6.92. The van der Waals surface area contributed by atoms with Gasteiger partial charge in [0, 0.05) is 16.9 Å². The first-order valence-electron chi connectivity index (χ1n) is 5.95. The molecule has 0 fully saturated rings. The van der Waals surface area contributed by atoms with Gasteiger partial charge in [0.2, 0.25) is 0 Å². The lowest BCUT2D eigenvalue weighted by molar-refractivity contribution is 0.472. The zero-order valence-electron chi connectivity index (χ0n) is 12.4. The summed E-state index contributed by atoms with van der Waals surface area (Å²) in [7, 11) is 0. The highest BCUT2D eigenvalue weighted by Crippen LogP contribution is 2.13. The molecule has 16 heavy (non-hydrogen) atoms. The molecule has 94 valence electrons. The van der Waals surface area contributed by atoms with Crippen LogP contribution in [0.5, 0.6) is 0 Å². The van der Waals surface area contributed by atoms with Gasteiger partial charge in [-0.25, -0.2) is 0 Å². The van der Waals surface area contributed by atoms with Crippen LogP contribution in [-0.4, -0.2) is 16.8 Å². The molecule has 0 aliphatic rings. The average molecular weight is 224 g/mol. The summed E-state index contributed by atoms with van der Waals surface area (Å²) in [5, 5.41) is 3.48. The molecular formula is C14H28N2. The van der Waals surface area contributed by atoms with E-state index in [1.54, 1.807) is 0 Å². The number of rotatable bonds is 2. The maximum absolute atomic E-state index is 4.68. The molecule has 0 rings (SSSR count). The molecule has 0 heterocycles. The standard InChI is InChI=1S/C14H28N2/c1-10(11(2)15-13(4,5)6)12(3)16-14(7,8)9/h15H,1-9H3/b11-10-,16-12+. The van der Waals surface area contributed by atoms with Crippen LogP contribution in [0.15, 0.2) is 16.3 Å². The van der Waals surface area contributed by atoms with Crippen molar-refractivity contribution >= 4 is 5.71 Å². The van der Waals surface area contributed by atoms with E-state index in [4.69, 9.17) is 0 Å². The number of aliphatic imine (C=N–C) groups is 1. The summed E-state index contributed by atoms with van der Waals surface area (Å²) in [4.78, 5) is 4.68. The van der Waals surface area contributed by atoms with E-state index in [2.05, 4.69) is 72.6 Å². The number of hydrogen-bond donors (Lipinski definition) is 1. The smallest absolute Gasteiger partial charge is 0.0527 e. The van der Waals surface area contributed by atoms with E-state index in [-0.39, 0.29) is 11.1 Å². The predicted octanol–water partition coefficient (Wildman–Crippen LogP) is 3.93. The average Bonchev–Trinajstić information content (AvgIpc) is 1.96. The zero-order chi connectivity index (χ0) is 13.1. The second-order valence-corrected chi connectivity index (χ2v) is 6.49. The molecule has 0 aromatic heterocycles. The number of nitrogens with zero attached hydrogens (tertiary/aromatic N) is 1. The minimum absolute atomic E-state index is 0.00659. The fraction of sp³-hybridized carbons (Fsp3) is 0.786. The maximum atomic E-state index is 4.68. The van der Waals surface area contributed by atoms with Crippen molar-refractivity contribution in [2.75, 3.05) is 0 Å². The van der Waals surface area contributed by atoms with Gasteiger partial charge in [-0.15, -0.1) is 0 Å². The summed E-state index contributed by atoms with van der Waals surface area (Å²) >= 11 is 0. The highest BCUT2D eigenvalue weighted by Gasteiger charge is 2.13. The van der Waals surface area contributed by atoms with Crippen molar-refractivity contribution in [2.24, 2.45) is 4.99 Å². The van der Waals surface area contributed by atoms with E-state index in [9.17, 15) is 0 Å². The quantitative estimate of drug-likeness (QED) is 0.706. The second kappa shape index (κ2) is 5.03. The van der Waals surface area contributed by atoms with Gasteiger partial charge in [-0.3, -0.25) is 4.99 Å². The molecule has 2 heteroatoms. The molecule has 1 N–H and O–H groups in total. The van der Waals surface area contributed by atoms with Crippen LogP contribution in [0.1, 0.15) is 62.3 Å². The Hall–Kier alpha value is -0.790. The van der Waals surface area contributed by atoms with Crippen LogP contribution in [0.4, 0.5) is 0 Å². The second-order valence-electron chi connectivity index (χ2n) is 6.49. The van der Waals surface area contributed by atoms with E-state index < -0.39 is 0 Å². The zero-order valence-corrected chi connectivity index (χ0v) is 12.4. The monoisotopic (exact) mass is 224 g/mol. The molecule has 0 spiro atoms. The highest BCUT2D eigenvalue weighted by molar-refractivity contribution is 5.98. The molecular weight excluding hydrogens is 196 g/mol. The van der Waals surface area contributed by atoms with Crippen molar-refractivity contribution in [3.8, 4) is 0 Å². The van der Waals surface area contributed by atoms with Crippen LogP contribution in [-0.2, 0) is 0 Å². The van der Waals surface area contributed by atoms with Crippen LogP contribution >= 0.6 is 0 Å². The number of nitrogens with one attached hydrogen (secondary N) is 1. The topological polar surface area (TPSA) is 24.4 Å². The number of allylic oxidation sites excluding steroid dienone is 2. The Morgan fingerprint density at radius 1 is 0.875 bits per heavy atom. The molecule has 0 saturated heterocycles. The van der Waals surface area contributed by atoms with Gasteiger partial charge < -0.3 is 5.32 Å². The Balaban J connectivity index is 4.97. The Kier molecular flexibility index (Phi) is 4.78. The summed E-state index contributed by atoms with van der Waals surface area (Å²) in [6.07, 6.45) is 0. The molecule has 0 bridgehead atoms. The normalized spacial score (nSPS) is 15.9. The van der Waals surface area contributed by atoms with Crippen molar-refractivity contribution in [3.05, 3.63) is 11.3 Å². The molecule has 2 nitrogen and oxygen atoms in total. The van der Waals surface area contributed by atoms with Gasteiger partial charge in [0.1, 0.15) is 0 Å². The number of hydrogen-bond acceptors (Lipinski definition) is 2. The van der Waals surface area contributed by atoms with Gasteiger partial charge in [0.25, 0.3) is 0 Å². The van der Waals surface area contributed by atoms with Gasteiger partial charge in [0.15, 0.2) is 0 Å². The van der Waals surface area contributed by atoms with Crippen LogP contribution in [0.3, 0.4) is 0 Å². The van der Waals surface area contributed by atoms with E-state index in [0.29, 0.717) is 0 Å². The third-order valence-electron chi connectivity index (χ3n) is 2.17. The maximum Gasteiger partial charge on any atom is 0.0527 e. The molecule has 0 aromatic carbocycles. The van der Waals surface area contributed by atoms with E-state index in [1.807, 2.05) is 0 Å². The van der Waals surface area contributed by atoms with Gasteiger partial charge in [-0.1, -0.05) is 0 Å². The van der Waals surface area contributed by atoms with Gasteiger partial charge in [-0.2, -0.15) is 0 Å². The molecule has 0 amide bonds. The molecule has 0 unspecified atom stereocenters. The molecule has 0 radical (unpaired) electrons. The van der Waals surface area contributed by atoms with E-state index in [0.717, 1.165) is 5.71 Å². The summed E-state index contributed by atoms with van der Waals surface area (Å²) in [6, 6.07) is 0. The Morgan fingerprint density at radius 3 is 1.62 bits per heavy atom. The summed E-state index contributed by atoms with van der Waals surface area (Å²) in [6.45, 7) is 19.2. The lowest BCUT2D eigenvalue weighted by Crippen LogP contribution is -2.35. The Labute approximate surface area is 101 Å². The summed E-state index contributed by atoms with van der Waals surface area (Å²) in [5.41, 5.74) is 3.66. The van der Waals surface area contributed by atoms with Crippen molar-refractivity contribution in [1.29, 1.82) is 0 Å². The first kappa shape index (κ1) is 15.2. The molecule has 0 aliphatic carbocycles. The minimum atomic E-state index is -0.00659. The fourth-order valence-electron chi connectivity index (χ4n) is 1.51. The van der Waals surface area contributed by atoms with E-state index >= 15 is 0 Å². The van der Waals surface area contributed by atoms with Crippen LogP contribution in [0.25, 0.3) is 0 Å². The molecule has 0 saturated carbocycles. The highest BCUT2D eigenvalue weighted by atomic mass is 15.0. The first-order valence-corrected chi connectivity index (χ1v) is 5.95. The van der Waals surface area contributed by atoms with Crippen molar-refractivity contribution in [2.45, 2.75) is 73.4 Å². The van der Waals surface area contributed by atoms with Crippen molar-refractivity contribution in [1.82, 2.24) is 5.32 Å². The van der Waals surface area contributed by atoms with Crippen molar-refractivity contribution < 1.29 is 0 Å². The van der Waals surface area contributed by atoms with Gasteiger partial charge in [0.05, 0.1) is 5.54 Å². The van der Waals surface area contributed by atoms with Crippen molar-refractivity contribution in [3.63, 3.8) is 0 Å². The largest absolute Gasteiger partial charge is 0.384 e. The third-order valence-corrected chi connectivity index (χ3v) is 2.17. The minimum Gasteiger partial charge on any atom is -0.384 e. The van der Waals surface area contributed by atoms with E-state index in [1.165, 1.54) is 11.3 Å². The fourth-order valence-corrected chi connectivity index (χ4v) is 1.51. The Bertz CT molecular complexity index is 296. The van der Waals surface area contributed by atoms with Crippen LogP contribution in [0.2, 0.25) is 0 Å². The summed E-state index contributed by atoms with van der Waals surface area (Å²) < 4.78 is 0. The molecule has 0 aliphatic heterocycles. The lowest BCUT2D eigenvalue weighted by Gasteiger charge is -2.24. The van der Waals surface area contributed by atoms with Gasteiger partial charge in [-0.05, 0) is 67.9 Å². The Morgan fingerprint density at radius 2 is 1.31 bits per heavy atom. The lowest BCUT2D eigenvalue weighted by atomic mass is 10.0. The van der Waals surface area contributed by atoms with Crippen LogP contribution in [0, 0.1) is 0 Å².